The second kappa shape index (κ2) is 5.20. The summed E-state index contributed by atoms with van der Waals surface area (Å²) < 4.78 is 28.3. The smallest absolute Gasteiger partial charge is 0.242 e. The van der Waals surface area contributed by atoms with E-state index in [4.69, 9.17) is 10.5 Å². The minimum absolute atomic E-state index is 0.100. The number of hydrogen-bond acceptors (Lipinski definition) is 7. The lowest BCUT2D eigenvalue weighted by Gasteiger charge is -2.25. The van der Waals surface area contributed by atoms with Crippen molar-refractivity contribution in [1.82, 2.24) is 9.97 Å². The van der Waals surface area contributed by atoms with Gasteiger partial charge in [-0.15, -0.1) is 0 Å². The third-order valence-corrected chi connectivity index (χ3v) is 4.95. The van der Waals surface area contributed by atoms with E-state index in [1.165, 1.54) is 6.33 Å². The van der Waals surface area contributed by atoms with Gasteiger partial charge < -0.3 is 15.4 Å². The molecule has 8 heteroatoms. The van der Waals surface area contributed by atoms with E-state index in [1.54, 1.807) is 11.9 Å². The van der Waals surface area contributed by atoms with Gasteiger partial charge in [-0.05, 0) is 13.3 Å². The minimum Gasteiger partial charge on any atom is -0.476 e. The predicted octanol–water partition coefficient (Wildman–Crippen LogP) is 0.0808. The molecule has 1 saturated heterocycles. The van der Waals surface area contributed by atoms with E-state index < -0.39 is 9.84 Å². The molecule has 1 fully saturated rings. The van der Waals surface area contributed by atoms with Crippen LogP contribution in [0.15, 0.2) is 6.33 Å². The molecule has 0 saturated carbocycles. The van der Waals surface area contributed by atoms with Crippen LogP contribution < -0.4 is 15.4 Å². The van der Waals surface area contributed by atoms with Crippen LogP contribution in [0, 0.1) is 0 Å². The third kappa shape index (κ3) is 2.89. The Morgan fingerprint density at radius 1 is 1.53 bits per heavy atom. The lowest BCUT2D eigenvalue weighted by Crippen LogP contribution is -2.33. The first-order valence-electron chi connectivity index (χ1n) is 6.11. The molecule has 2 rings (SSSR count). The highest BCUT2D eigenvalue weighted by Gasteiger charge is 2.32. The average Bonchev–Trinajstić information content (AvgIpc) is 2.72. The van der Waals surface area contributed by atoms with Gasteiger partial charge in [0.25, 0.3) is 0 Å². The summed E-state index contributed by atoms with van der Waals surface area (Å²) in [7, 11) is -1.15. The van der Waals surface area contributed by atoms with E-state index in [-0.39, 0.29) is 17.5 Å². The Balaban J connectivity index is 2.24. The van der Waals surface area contributed by atoms with Crippen molar-refractivity contribution in [1.29, 1.82) is 0 Å². The maximum Gasteiger partial charge on any atom is 0.242 e. The molecule has 1 aliphatic heterocycles. The zero-order valence-electron chi connectivity index (χ0n) is 11.0. The van der Waals surface area contributed by atoms with Gasteiger partial charge in [0.2, 0.25) is 5.88 Å². The van der Waals surface area contributed by atoms with E-state index in [2.05, 4.69) is 9.97 Å². The van der Waals surface area contributed by atoms with Gasteiger partial charge in [-0.2, -0.15) is 4.98 Å². The van der Waals surface area contributed by atoms with Gasteiger partial charge in [-0.1, -0.05) is 0 Å². The van der Waals surface area contributed by atoms with Gasteiger partial charge >= 0.3 is 0 Å². The molecule has 0 aliphatic carbocycles. The second-order valence-electron chi connectivity index (χ2n) is 4.52. The zero-order chi connectivity index (χ0) is 14.0. The van der Waals surface area contributed by atoms with Crippen molar-refractivity contribution in [2.45, 2.75) is 19.4 Å². The number of nitrogen functional groups attached to an aromatic ring is 1. The highest BCUT2D eigenvalue weighted by molar-refractivity contribution is 7.91. The Hall–Kier alpha value is -1.57. The number of anilines is 2. The highest BCUT2D eigenvalue weighted by atomic mass is 32.2. The number of nitrogens with zero attached hydrogens (tertiary/aromatic N) is 3. The summed E-state index contributed by atoms with van der Waals surface area (Å²) in [6, 6.07) is -0.100. The van der Waals surface area contributed by atoms with Crippen molar-refractivity contribution >= 4 is 21.3 Å². The third-order valence-electron chi connectivity index (χ3n) is 3.20. The number of rotatable bonds is 4. The van der Waals surface area contributed by atoms with E-state index in [0.717, 1.165) is 0 Å². The Bertz CT molecular complexity index is 561. The van der Waals surface area contributed by atoms with Crippen LogP contribution in [-0.4, -0.2) is 49.6 Å². The van der Waals surface area contributed by atoms with Crippen LogP contribution in [-0.2, 0) is 9.84 Å². The number of nitrogens with two attached hydrogens (primary N) is 1. The van der Waals surface area contributed by atoms with E-state index in [9.17, 15) is 8.42 Å². The fraction of sp³-hybridized carbons (Fsp3) is 0.636. The Kier molecular flexibility index (Phi) is 3.79. The molecule has 1 atom stereocenters. The summed E-state index contributed by atoms with van der Waals surface area (Å²) in [5.74, 6) is 1.20. The van der Waals surface area contributed by atoms with Gasteiger partial charge in [0, 0.05) is 13.1 Å². The van der Waals surface area contributed by atoms with Crippen molar-refractivity contribution in [3.8, 4) is 5.88 Å². The SMILES string of the molecule is CCOc1ncnc(N(C)C2CCS(=O)(=O)C2)c1N. The summed E-state index contributed by atoms with van der Waals surface area (Å²) in [4.78, 5) is 9.89. The first-order chi connectivity index (χ1) is 8.94. The second-order valence-corrected chi connectivity index (χ2v) is 6.75. The summed E-state index contributed by atoms with van der Waals surface area (Å²) >= 11 is 0. The molecule has 1 aliphatic rings. The molecule has 1 aromatic heterocycles. The number of sulfone groups is 1. The molecule has 0 spiro atoms. The zero-order valence-corrected chi connectivity index (χ0v) is 11.9. The van der Waals surface area contributed by atoms with Crippen LogP contribution in [0.25, 0.3) is 0 Å². The van der Waals surface area contributed by atoms with Crippen LogP contribution in [0.2, 0.25) is 0 Å². The summed E-state index contributed by atoms with van der Waals surface area (Å²) in [6.07, 6.45) is 1.96. The van der Waals surface area contributed by atoms with Crippen LogP contribution in [0.4, 0.5) is 11.5 Å². The lowest BCUT2D eigenvalue weighted by atomic mass is 10.2. The molecule has 2 heterocycles. The molecule has 1 aromatic rings. The summed E-state index contributed by atoms with van der Waals surface area (Å²) in [5, 5.41) is 0. The van der Waals surface area contributed by atoms with Crippen LogP contribution in [0.1, 0.15) is 13.3 Å². The van der Waals surface area contributed by atoms with E-state index in [0.29, 0.717) is 30.4 Å². The summed E-state index contributed by atoms with van der Waals surface area (Å²) in [5.41, 5.74) is 6.31. The number of ether oxygens (including phenoxy) is 1. The van der Waals surface area contributed by atoms with Gasteiger partial charge in [-0.25, -0.2) is 13.4 Å². The van der Waals surface area contributed by atoms with Crippen molar-refractivity contribution in [2.24, 2.45) is 0 Å². The van der Waals surface area contributed by atoms with E-state index >= 15 is 0 Å². The van der Waals surface area contributed by atoms with Crippen LogP contribution >= 0.6 is 0 Å². The van der Waals surface area contributed by atoms with Crippen molar-refractivity contribution < 1.29 is 13.2 Å². The lowest BCUT2D eigenvalue weighted by molar-refractivity contribution is 0.328. The van der Waals surface area contributed by atoms with Gasteiger partial charge in [-0.3, -0.25) is 0 Å². The van der Waals surface area contributed by atoms with E-state index in [1.807, 2.05) is 6.92 Å². The van der Waals surface area contributed by atoms with Crippen molar-refractivity contribution in [3.05, 3.63) is 6.33 Å². The summed E-state index contributed by atoms with van der Waals surface area (Å²) in [6.45, 7) is 2.30. The molecule has 0 amide bonds. The maximum atomic E-state index is 11.5. The Labute approximate surface area is 112 Å². The molecule has 0 radical (unpaired) electrons. The molecule has 1 unspecified atom stereocenters. The molecule has 106 valence electrons. The standard InChI is InChI=1S/C11H18N4O3S/c1-3-18-11-9(12)10(13-7-14-11)15(2)8-4-5-19(16,17)6-8/h7-8H,3-6,12H2,1-2H3. The van der Waals surface area contributed by atoms with Crippen molar-refractivity contribution in [2.75, 3.05) is 35.8 Å². The van der Waals surface area contributed by atoms with Crippen LogP contribution in [0.5, 0.6) is 5.88 Å². The van der Waals surface area contributed by atoms with Crippen LogP contribution in [0.3, 0.4) is 0 Å². The number of aromatic nitrogens is 2. The Morgan fingerprint density at radius 2 is 2.26 bits per heavy atom. The van der Waals surface area contributed by atoms with Gasteiger partial charge in [0.1, 0.15) is 12.0 Å². The fourth-order valence-corrected chi connectivity index (χ4v) is 3.93. The first kappa shape index (κ1) is 13.9. The molecule has 7 nitrogen and oxygen atoms in total. The topological polar surface area (TPSA) is 98.4 Å². The normalized spacial score (nSPS) is 21.3. The molecule has 0 aromatic carbocycles. The number of hydrogen-bond donors (Lipinski definition) is 1. The van der Waals surface area contributed by atoms with Gasteiger partial charge in [0.15, 0.2) is 15.7 Å². The fourth-order valence-electron chi connectivity index (χ4n) is 2.16. The molecule has 2 N–H and O–H groups in total. The molecule has 0 bridgehead atoms. The molecular formula is C11H18N4O3S. The molecule has 19 heavy (non-hydrogen) atoms. The quantitative estimate of drug-likeness (QED) is 0.837. The predicted molar refractivity (Wildman–Crippen MR) is 73.1 cm³/mol. The van der Waals surface area contributed by atoms with Gasteiger partial charge in [0.05, 0.1) is 18.1 Å². The largest absolute Gasteiger partial charge is 0.476 e. The first-order valence-corrected chi connectivity index (χ1v) is 7.93. The minimum atomic E-state index is -2.94. The Morgan fingerprint density at radius 3 is 2.84 bits per heavy atom. The molecular weight excluding hydrogens is 268 g/mol. The highest BCUT2D eigenvalue weighted by Crippen LogP contribution is 2.30. The average molecular weight is 286 g/mol. The van der Waals surface area contributed by atoms with Crippen molar-refractivity contribution in [3.63, 3.8) is 0 Å². The monoisotopic (exact) mass is 286 g/mol. The maximum absolute atomic E-state index is 11.5.